The van der Waals surface area contributed by atoms with E-state index in [4.69, 9.17) is 10.1 Å². The number of carboxylic acid groups (broad SMARTS) is 1. The molecule has 1 aromatic heterocycles. The molecule has 0 saturated carbocycles. The first-order valence-electron chi connectivity index (χ1n) is 7.81. The zero-order chi connectivity index (χ0) is 15.1. The van der Waals surface area contributed by atoms with Crippen LogP contribution >= 0.6 is 11.3 Å². The van der Waals surface area contributed by atoms with Crippen LogP contribution in [0.15, 0.2) is 6.08 Å². The Balaban J connectivity index is 2.08. The van der Waals surface area contributed by atoms with Crippen LogP contribution in [0.5, 0.6) is 0 Å². The molecule has 1 aliphatic rings. The van der Waals surface area contributed by atoms with E-state index in [1.165, 1.54) is 31.8 Å². The summed E-state index contributed by atoms with van der Waals surface area (Å²) in [7, 11) is 0. The van der Waals surface area contributed by atoms with Crippen LogP contribution < -0.4 is 0 Å². The number of carbonyl (C=O) groups is 1. The van der Waals surface area contributed by atoms with Crippen LogP contribution in [0.4, 0.5) is 0 Å². The van der Waals surface area contributed by atoms with Crippen LogP contribution in [0.2, 0.25) is 0 Å². The number of aromatic nitrogens is 1. The van der Waals surface area contributed by atoms with Crippen molar-refractivity contribution in [2.24, 2.45) is 0 Å². The molecule has 0 amide bonds. The maximum atomic E-state index is 10.7. The van der Waals surface area contributed by atoms with Crippen molar-refractivity contribution in [1.29, 1.82) is 0 Å². The van der Waals surface area contributed by atoms with Gasteiger partial charge in [-0.25, -0.2) is 9.78 Å². The second-order valence-electron chi connectivity index (χ2n) is 5.53. The number of aliphatic carboxylic acids is 1. The van der Waals surface area contributed by atoms with Crippen LogP contribution in [0.25, 0.3) is 6.08 Å². The third kappa shape index (κ3) is 5.25. The molecular formula is C16H24N2O2S. The molecule has 1 fully saturated rings. The van der Waals surface area contributed by atoms with E-state index in [1.54, 1.807) is 17.4 Å². The van der Waals surface area contributed by atoms with E-state index in [0.29, 0.717) is 0 Å². The minimum Gasteiger partial charge on any atom is -0.478 e. The zero-order valence-corrected chi connectivity index (χ0v) is 13.5. The van der Waals surface area contributed by atoms with E-state index in [-0.39, 0.29) is 0 Å². The molecule has 0 spiro atoms. The Hall–Kier alpha value is -1.20. The van der Waals surface area contributed by atoms with Crippen molar-refractivity contribution in [2.45, 2.75) is 52.0 Å². The zero-order valence-electron chi connectivity index (χ0n) is 12.7. The van der Waals surface area contributed by atoms with Crippen molar-refractivity contribution < 1.29 is 9.90 Å². The van der Waals surface area contributed by atoms with Gasteiger partial charge in [-0.1, -0.05) is 26.2 Å². The highest BCUT2D eigenvalue weighted by molar-refractivity contribution is 7.12. The number of likely N-dealkylation sites (tertiary alicyclic amines) is 1. The van der Waals surface area contributed by atoms with Gasteiger partial charge in [-0.15, -0.1) is 11.3 Å². The molecule has 116 valence electrons. The average molecular weight is 308 g/mol. The second-order valence-corrected chi connectivity index (χ2v) is 6.65. The standard InChI is InChI=1S/C16H24N2O2S/c1-2-7-13-14(8-9-16(19)20)21-15(17-13)12-18-10-5-3-4-6-11-18/h8-9H,2-7,10-12H2,1H3,(H,19,20)/b9-8+. The fraction of sp³-hybridized carbons (Fsp3) is 0.625. The van der Waals surface area contributed by atoms with Crippen LogP contribution in [0.1, 0.15) is 54.6 Å². The minimum atomic E-state index is -0.903. The quantitative estimate of drug-likeness (QED) is 0.816. The van der Waals surface area contributed by atoms with Gasteiger partial charge < -0.3 is 5.11 Å². The summed E-state index contributed by atoms with van der Waals surface area (Å²) in [6, 6.07) is 0. The second kappa shape index (κ2) is 8.29. The molecule has 0 bridgehead atoms. The SMILES string of the molecule is CCCc1nc(CN2CCCCCC2)sc1/C=C/C(=O)O. The molecular weight excluding hydrogens is 284 g/mol. The largest absolute Gasteiger partial charge is 0.478 e. The lowest BCUT2D eigenvalue weighted by atomic mass is 10.2. The third-order valence-corrected chi connectivity index (χ3v) is 4.74. The van der Waals surface area contributed by atoms with E-state index in [1.807, 2.05) is 0 Å². The molecule has 4 nitrogen and oxygen atoms in total. The fourth-order valence-electron chi connectivity index (χ4n) is 2.66. The predicted octanol–water partition coefficient (Wildman–Crippen LogP) is 3.57. The van der Waals surface area contributed by atoms with Crippen molar-refractivity contribution in [3.8, 4) is 0 Å². The lowest BCUT2D eigenvalue weighted by Gasteiger charge is -2.17. The van der Waals surface area contributed by atoms with Gasteiger partial charge in [0.15, 0.2) is 0 Å². The van der Waals surface area contributed by atoms with Gasteiger partial charge in [0, 0.05) is 6.08 Å². The molecule has 1 aliphatic heterocycles. The monoisotopic (exact) mass is 308 g/mol. The van der Waals surface area contributed by atoms with Gasteiger partial charge in [0.1, 0.15) is 5.01 Å². The summed E-state index contributed by atoms with van der Waals surface area (Å²) in [5, 5.41) is 9.90. The fourth-order valence-corrected chi connectivity index (χ4v) is 3.72. The number of nitrogens with zero attached hydrogens (tertiary/aromatic N) is 2. The lowest BCUT2D eigenvalue weighted by molar-refractivity contribution is -0.131. The van der Waals surface area contributed by atoms with E-state index in [0.717, 1.165) is 48.1 Å². The summed E-state index contributed by atoms with van der Waals surface area (Å²) < 4.78 is 0. The van der Waals surface area contributed by atoms with Crippen LogP contribution in [-0.2, 0) is 17.8 Å². The summed E-state index contributed by atoms with van der Waals surface area (Å²) in [5.41, 5.74) is 1.05. The lowest BCUT2D eigenvalue weighted by Crippen LogP contribution is -2.23. The van der Waals surface area contributed by atoms with E-state index in [2.05, 4.69) is 11.8 Å². The highest BCUT2D eigenvalue weighted by atomic mass is 32.1. The van der Waals surface area contributed by atoms with Crippen molar-refractivity contribution in [3.05, 3.63) is 21.7 Å². The molecule has 0 aliphatic carbocycles. The molecule has 21 heavy (non-hydrogen) atoms. The Labute approximate surface area is 130 Å². The number of carboxylic acids is 1. The van der Waals surface area contributed by atoms with Crippen LogP contribution in [0.3, 0.4) is 0 Å². The number of hydrogen-bond acceptors (Lipinski definition) is 4. The van der Waals surface area contributed by atoms with Gasteiger partial charge in [-0.05, 0) is 38.4 Å². The van der Waals surface area contributed by atoms with E-state index in [9.17, 15) is 4.79 Å². The Bertz CT molecular complexity index is 488. The first-order valence-corrected chi connectivity index (χ1v) is 8.62. The summed E-state index contributed by atoms with van der Waals surface area (Å²) in [6.07, 6.45) is 10.1. The molecule has 1 saturated heterocycles. The van der Waals surface area contributed by atoms with E-state index < -0.39 is 5.97 Å². The Kier molecular flexibility index (Phi) is 6.39. The molecule has 0 aromatic carbocycles. The van der Waals surface area contributed by atoms with Crippen LogP contribution in [0, 0.1) is 0 Å². The Morgan fingerprint density at radius 2 is 2.05 bits per heavy atom. The molecule has 0 atom stereocenters. The van der Waals surface area contributed by atoms with Gasteiger partial charge in [0.25, 0.3) is 0 Å². The van der Waals surface area contributed by atoms with Crippen molar-refractivity contribution in [1.82, 2.24) is 9.88 Å². The minimum absolute atomic E-state index is 0.903. The van der Waals surface area contributed by atoms with Gasteiger partial charge in [-0.2, -0.15) is 0 Å². The molecule has 5 heteroatoms. The molecule has 1 N–H and O–H groups in total. The highest BCUT2D eigenvalue weighted by Gasteiger charge is 2.14. The van der Waals surface area contributed by atoms with Gasteiger partial charge in [0.2, 0.25) is 0 Å². The third-order valence-electron chi connectivity index (χ3n) is 3.69. The molecule has 2 rings (SSSR count). The normalized spacial score (nSPS) is 17.2. The smallest absolute Gasteiger partial charge is 0.328 e. The number of rotatable bonds is 6. The summed E-state index contributed by atoms with van der Waals surface area (Å²) >= 11 is 1.64. The predicted molar refractivity (Wildman–Crippen MR) is 86.5 cm³/mol. The molecule has 2 heterocycles. The first kappa shape index (κ1) is 16.2. The number of thiazole rings is 1. The number of hydrogen-bond donors (Lipinski definition) is 1. The van der Waals surface area contributed by atoms with Gasteiger partial charge in [-0.3, -0.25) is 4.90 Å². The van der Waals surface area contributed by atoms with Crippen molar-refractivity contribution in [2.75, 3.05) is 13.1 Å². The summed E-state index contributed by atoms with van der Waals surface area (Å²) in [5.74, 6) is -0.903. The number of aryl methyl sites for hydroxylation is 1. The topological polar surface area (TPSA) is 53.4 Å². The highest BCUT2D eigenvalue weighted by Crippen LogP contribution is 2.24. The molecule has 0 radical (unpaired) electrons. The maximum absolute atomic E-state index is 10.7. The molecule has 0 unspecified atom stereocenters. The Morgan fingerprint density at radius 3 is 2.67 bits per heavy atom. The Morgan fingerprint density at radius 1 is 1.33 bits per heavy atom. The first-order chi connectivity index (χ1) is 10.2. The van der Waals surface area contributed by atoms with Crippen molar-refractivity contribution >= 4 is 23.4 Å². The van der Waals surface area contributed by atoms with Gasteiger partial charge in [0.05, 0.1) is 17.1 Å². The van der Waals surface area contributed by atoms with Crippen molar-refractivity contribution in [3.63, 3.8) is 0 Å². The summed E-state index contributed by atoms with van der Waals surface area (Å²) in [6.45, 7) is 5.34. The van der Waals surface area contributed by atoms with E-state index >= 15 is 0 Å². The maximum Gasteiger partial charge on any atom is 0.328 e. The van der Waals surface area contributed by atoms with Crippen LogP contribution in [-0.4, -0.2) is 34.0 Å². The van der Waals surface area contributed by atoms with Gasteiger partial charge >= 0.3 is 5.97 Å². The molecule has 1 aromatic rings. The average Bonchev–Trinajstić information content (AvgIpc) is 2.65. The summed E-state index contributed by atoms with van der Waals surface area (Å²) in [4.78, 5) is 18.9.